The van der Waals surface area contributed by atoms with Crippen molar-refractivity contribution >= 4 is 0 Å². The standard InChI is InChI=1S/C16H31NO/c1-3-13-17-14(2)7-8-15-9-12-16(18-15)10-5-4-6-11-16/h14-15,17H,3-13H2,1-2H3. The highest BCUT2D eigenvalue weighted by molar-refractivity contribution is 4.91. The van der Waals surface area contributed by atoms with E-state index >= 15 is 0 Å². The van der Waals surface area contributed by atoms with Crippen LogP contribution in [0.1, 0.15) is 78.1 Å². The first-order chi connectivity index (χ1) is 8.74. The molecule has 2 fully saturated rings. The molecule has 2 aliphatic rings. The van der Waals surface area contributed by atoms with Crippen LogP contribution in [-0.2, 0) is 4.74 Å². The normalized spacial score (nSPS) is 28.7. The molecule has 1 saturated carbocycles. The molecule has 1 N–H and O–H groups in total. The molecule has 106 valence electrons. The largest absolute Gasteiger partial charge is 0.372 e. The average molecular weight is 253 g/mol. The lowest BCUT2D eigenvalue weighted by Gasteiger charge is -2.33. The highest BCUT2D eigenvalue weighted by Gasteiger charge is 2.40. The highest BCUT2D eigenvalue weighted by atomic mass is 16.5. The minimum absolute atomic E-state index is 0.309. The molecule has 0 bridgehead atoms. The third kappa shape index (κ3) is 3.96. The first-order valence-corrected chi connectivity index (χ1v) is 8.15. The Hall–Kier alpha value is -0.0800. The lowest BCUT2D eigenvalue weighted by atomic mass is 9.83. The summed E-state index contributed by atoms with van der Waals surface area (Å²) in [5.74, 6) is 0. The molecule has 2 rings (SSSR count). The first kappa shape index (κ1) is 14.3. The number of hydrogen-bond donors (Lipinski definition) is 1. The van der Waals surface area contributed by atoms with Crippen LogP contribution in [-0.4, -0.2) is 24.3 Å². The van der Waals surface area contributed by atoms with Gasteiger partial charge in [0.05, 0.1) is 11.7 Å². The van der Waals surface area contributed by atoms with Gasteiger partial charge in [-0.25, -0.2) is 0 Å². The Morgan fingerprint density at radius 1 is 1.22 bits per heavy atom. The number of rotatable bonds is 6. The van der Waals surface area contributed by atoms with Crippen LogP contribution >= 0.6 is 0 Å². The summed E-state index contributed by atoms with van der Waals surface area (Å²) in [7, 11) is 0. The number of nitrogens with one attached hydrogen (secondary N) is 1. The van der Waals surface area contributed by atoms with Gasteiger partial charge in [-0.05, 0) is 58.4 Å². The summed E-state index contributed by atoms with van der Waals surface area (Å²) >= 11 is 0. The average Bonchev–Trinajstić information content (AvgIpc) is 2.78. The summed E-state index contributed by atoms with van der Waals surface area (Å²) < 4.78 is 6.42. The zero-order valence-corrected chi connectivity index (χ0v) is 12.3. The van der Waals surface area contributed by atoms with Crippen molar-refractivity contribution < 1.29 is 4.74 Å². The fourth-order valence-electron chi connectivity index (χ4n) is 3.59. The van der Waals surface area contributed by atoms with Crippen LogP contribution in [0.4, 0.5) is 0 Å². The van der Waals surface area contributed by atoms with Crippen molar-refractivity contribution in [2.24, 2.45) is 0 Å². The summed E-state index contributed by atoms with van der Waals surface area (Å²) in [5, 5.41) is 3.57. The molecule has 0 radical (unpaired) electrons. The maximum Gasteiger partial charge on any atom is 0.0687 e. The molecule has 1 spiro atoms. The van der Waals surface area contributed by atoms with Gasteiger partial charge in [-0.1, -0.05) is 26.2 Å². The SMILES string of the molecule is CCCNC(C)CCC1CCC2(CCCCC2)O1. The van der Waals surface area contributed by atoms with Crippen LogP contribution in [0.3, 0.4) is 0 Å². The molecule has 0 aromatic carbocycles. The van der Waals surface area contributed by atoms with Crippen molar-refractivity contribution in [3.05, 3.63) is 0 Å². The lowest BCUT2D eigenvalue weighted by molar-refractivity contribution is -0.0664. The Labute approximate surface area is 113 Å². The van der Waals surface area contributed by atoms with Crippen molar-refractivity contribution in [3.8, 4) is 0 Å². The zero-order chi connectivity index (χ0) is 12.8. The Bertz CT molecular complexity index is 235. The van der Waals surface area contributed by atoms with Crippen molar-refractivity contribution in [3.63, 3.8) is 0 Å². The van der Waals surface area contributed by atoms with Gasteiger partial charge >= 0.3 is 0 Å². The van der Waals surface area contributed by atoms with E-state index in [0.29, 0.717) is 17.7 Å². The molecule has 0 aromatic rings. The molecule has 2 nitrogen and oxygen atoms in total. The quantitative estimate of drug-likeness (QED) is 0.771. The van der Waals surface area contributed by atoms with Crippen LogP contribution < -0.4 is 5.32 Å². The van der Waals surface area contributed by atoms with E-state index in [4.69, 9.17) is 4.74 Å². The fourth-order valence-corrected chi connectivity index (χ4v) is 3.59. The van der Waals surface area contributed by atoms with E-state index in [-0.39, 0.29) is 0 Å². The maximum atomic E-state index is 6.42. The second-order valence-corrected chi connectivity index (χ2v) is 6.45. The summed E-state index contributed by atoms with van der Waals surface area (Å²) in [5.41, 5.74) is 0.309. The van der Waals surface area contributed by atoms with Crippen molar-refractivity contribution in [2.75, 3.05) is 6.54 Å². The summed E-state index contributed by atoms with van der Waals surface area (Å²) in [6.45, 7) is 5.68. The monoisotopic (exact) mass is 253 g/mol. The van der Waals surface area contributed by atoms with Crippen molar-refractivity contribution in [1.29, 1.82) is 0 Å². The van der Waals surface area contributed by atoms with Gasteiger partial charge in [0.15, 0.2) is 0 Å². The van der Waals surface area contributed by atoms with Crippen LogP contribution in [0.25, 0.3) is 0 Å². The van der Waals surface area contributed by atoms with Gasteiger partial charge in [-0.3, -0.25) is 0 Å². The van der Waals surface area contributed by atoms with E-state index in [1.54, 1.807) is 0 Å². The third-order valence-corrected chi connectivity index (χ3v) is 4.77. The molecule has 2 unspecified atom stereocenters. The summed E-state index contributed by atoms with van der Waals surface area (Å²) in [6.07, 6.45) is 13.8. The minimum Gasteiger partial charge on any atom is -0.372 e. The topological polar surface area (TPSA) is 21.3 Å². The molecule has 18 heavy (non-hydrogen) atoms. The van der Waals surface area contributed by atoms with E-state index < -0.39 is 0 Å². The Kier molecular flexibility index (Phi) is 5.50. The predicted octanol–water partition coefficient (Wildman–Crippen LogP) is 4.04. The van der Waals surface area contributed by atoms with Gasteiger partial charge in [0, 0.05) is 6.04 Å². The van der Waals surface area contributed by atoms with Gasteiger partial charge < -0.3 is 10.1 Å². The van der Waals surface area contributed by atoms with E-state index in [0.717, 1.165) is 6.54 Å². The molecule has 2 heteroatoms. The van der Waals surface area contributed by atoms with Crippen LogP contribution in [0, 0.1) is 0 Å². The first-order valence-electron chi connectivity index (χ1n) is 8.15. The Balaban J connectivity index is 1.66. The zero-order valence-electron chi connectivity index (χ0n) is 12.3. The third-order valence-electron chi connectivity index (χ3n) is 4.77. The molecule has 1 aliphatic heterocycles. The van der Waals surface area contributed by atoms with Crippen LogP contribution in [0.5, 0.6) is 0 Å². The van der Waals surface area contributed by atoms with Gasteiger partial charge in [-0.2, -0.15) is 0 Å². The molecule has 2 atom stereocenters. The van der Waals surface area contributed by atoms with Gasteiger partial charge in [-0.15, -0.1) is 0 Å². The second kappa shape index (κ2) is 6.91. The Morgan fingerprint density at radius 2 is 2.00 bits per heavy atom. The molecule has 1 heterocycles. The fraction of sp³-hybridized carbons (Fsp3) is 1.00. The maximum absolute atomic E-state index is 6.42. The number of ether oxygens (including phenoxy) is 1. The highest BCUT2D eigenvalue weighted by Crippen LogP contribution is 2.42. The molecule has 1 aliphatic carbocycles. The van der Waals surface area contributed by atoms with Gasteiger partial charge in [0.25, 0.3) is 0 Å². The van der Waals surface area contributed by atoms with E-state index in [1.165, 1.54) is 64.2 Å². The van der Waals surface area contributed by atoms with Crippen molar-refractivity contribution in [1.82, 2.24) is 5.32 Å². The predicted molar refractivity (Wildman–Crippen MR) is 76.9 cm³/mol. The number of hydrogen-bond acceptors (Lipinski definition) is 2. The van der Waals surface area contributed by atoms with Gasteiger partial charge in [0.1, 0.15) is 0 Å². The van der Waals surface area contributed by atoms with Gasteiger partial charge in [0.2, 0.25) is 0 Å². The summed E-state index contributed by atoms with van der Waals surface area (Å²) in [6, 6.07) is 0.649. The Morgan fingerprint density at radius 3 is 2.72 bits per heavy atom. The smallest absolute Gasteiger partial charge is 0.0687 e. The van der Waals surface area contributed by atoms with Crippen molar-refractivity contribution in [2.45, 2.75) is 95.8 Å². The molecule has 0 aromatic heterocycles. The van der Waals surface area contributed by atoms with E-state index in [9.17, 15) is 0 Å². The lowest BCUT2D eigenvalue weighted by Crippen LogP contribution is -2.32. The molecule has 1 saturated heterocycles. The second-order valence-electron chi connectivity index (χ2n) is 6.45. The molecule has 0 amide bonds. The molecular formula is C16H31NO. The summed E-state index contributed by atoms with van der Waals surface area (Å²) in [4.78, 5) is 0. The minimum atomic E-state index is 0.309. The van der Waals surface area contributed by atoms with E-state index in [2.05, 4.69) is 19.2 Å². The van der Waals surface area contributed by atoms with E-state index in [1.807, 2.05) is 0 Å². The van der Waals surface area contributed by atoms with Crippen LogP contribution in [0.2, 0.25) is 0 Å². The van der Waals surface area contributed by atoms with Crippen LogP contribution in [0.15, 0.2) is 0 Å². The molecular weight excluding hydrogens is 222 g/mol.